The summed E-state index contributed by atoms with van der Waals surface area (Å²) in [6.07, 6.45) is 2.32. The van der Waals surface area contributed by atoms with Crippen LogP contribution in [0.1, 0.15) is 52.2 Å². The number of aromatic nitrogens is 1. The van der Waals surface area contributed by atoms with Gasteiger partial charge in [0.2, 0.25) is 0 Å². The number of amides is 2. The molecule has 3 aromatic rings. The van der Waals surface area contributed by atoms with Crippen molar-refractivity contribution in [1.29, 1.82) is 0 Å². The fourth-order valence-electron chi connectivity index (χ4n) is 3.77. The molecule has 1 aliphatic heterocycles. The van der Waals surface area contributed by atoms with E-state index < -0.39 is 0 Å². The van der Waals surface area contributed by atoms with E-state index >= 15 is 0 Å². The van der Waals surface area contributed by atoms with Crippen molar-refractivity contribution in [3.05, 3.63) is 76.7 Å². The van der Waals surface area contributed by atoms with Crippen molar-refractivity contribution < 1.29 is 14.0 Å². The van der Waals surface area contributed by atoms with Gasteiger partial charge in [-0.05, 0) is 54.7 Å². The number of nitrogens with zero attached hydrogens (tertiary/aromatic N) is 2. The molecular weight excluding hydrogens is 367 g/mol. The Morgan fingerprint density at radius 1 is 1.03 bits per heavy atom. The molecule has 0 bridgehead atoms. The zero-order valence-corrected chi connectivity index (χ0v) is 16.6. The SMILES string of the molecule is CC[C@H](C)Cc1nc2cc(F)ccc2cc1CCN1C(=O)c2ccccc2C1=O. The Labute approximate surface area is 169 Å². The molecule has 0 radical (unpaired) electrons. The van der Waals surface area contributed by atoms with E-state index in [2.05, 4.69) is 13.8 Å². The summed E-state index contributed by atoms with van der Waals surface area (Å²) < 4.78 is 13.6. The number of benzene rings is 2. The van der Waals surface area contributed by atoms with Crippen LogP contribution in [0.5, 0.6) is 0 Å². The number of carbonyl (C=O) groups is 2. The molecule has 0 fully saturated rings. The lowest BCUT2D eigenvalue weighted by molar-refractivity contribution is 0.0656. The second-order valence-corrected chi connectivity index (χ2v) is 7.71. The summed E-state index contributed by atoms with van der Waals surface area (Å²) in [5.74, 6) is -0.361. The Morgan fingerprint density at radius 2 is 1.72 bits per heavy atom. The van der Waals surface area contributed by atoms with Gasteiger partial charge in [-0.15, -0.1) is 0 Å². The molecule has 1 aromatic heterocycles. The molecule has 0 N–H and O–H groups in total. The van der Waals surface area contributed by atoms with Crippen LogP contribution in [0.4, 0.5) is 4.39 Å². The molecule has 4 rings (SSSR count). The highest BCUT2D eigenvalue weighted by Gasteiger charge is 2.34. The molecule has 0 saturated heterocycles. The van der Waals surface area contributed by atoms with Gasteiger partial charge in [0.15, 0.2) is 0 Å². The lowest BCUT2D eigenvalue weighted by atomic mass is 9.96. The summed E-state index contributed by atoms with van der Waals surface area (Å²) in [7, 11) is 0. The minimum Gasteiger partial charge on any atom is -0.274 e. The first-order valence-corrected chi connectivity index (χ1v) is 10.0. The average molecular weight is 390 g/mol. The van der Waals surface area contributed by atoms with Gasteiger partial charge in [0.05, 0.1) is 16.6 Å². The zero-order valence-electron chi connectivity index (χ0n) is 16.6. The third-order valence-corrected chi connectivity index (χ3v) is 5.67. The summed E-state index contributed by atoms with van der Waals surface area (Å²) in [5, 5.41) is 0.858. The molecular formula is C24H23FN2O2. The van der Waals surface area contributed by atoms with Crippen molar-refractivity contribution in [2.24, 2.45) is 5.92 Å². The molecule has 2 amide bonds. The second kappa shape index (κ2) is 7.74. The number of imide groups is 1. The predicted molar refractivity (Wildman–Crippen MR) is 110 cm³/mol. The van der Waals surface area contributed by atoms with Crippen LogP contribution in [0.15, 0.2) is 48.5 Å². The van der Waals surface area contributed by atoms with Crippen LogP contribution < -0.4 is 0 Å². The molecule has 0 unspecified atom stereocenters. The van der Waals surface area contributed by atoms with E-state index in [9.17, 15) is 14.0 Å². The highest BCUT2D eigenvalue weighted by atomic mass is 19.1. The molecule has 0 aliphatic carbocycles. The molecule has 1 aliphatic rings. The lowest BCUT2D eigenvalue weighted by Crippen LogP contribution is -2.32. The maximum absolute atomic E-state index is 13.6. The Kier molecular flexibility index (Phi) is 5.14. The maximum Gasteiger partial charge on any atom is 0.261 e. The van der Waals surface area contributed by atoms with Gasteiger partial charge in [-0.3, -0.25) is 19.5 Å². The molecule has 29 heavy (non-hydrogen) atoms. The van der Waals surface area contributed by atoms with Crippen molar-refractivity contribution in [2.45, 2.75) is 33.1 Å². The van der Waals surface area contributed by atoms with Crippen molar-refractivity contribution in [3.63, 3.8) is 0 Å². The van der Waals surface area contributed by atoms with Gasteiger partial charge >= 0.3 is 0 Å². The molecule has 0 saturated carbocycles. The van der Waals surface area contributed by atoms with E-state index in [0.29, 0.717) is 35.5 Å². The largest absolute Gasteiger partial charge is 0.274 e. The number of carbonyl (C=O) groups excluding carboxylic acids is 2. The number of pyridine rings is 1. The van der Waals surface area contributed by atoms with Gasteiger partial charge in [0, 0.05) is 23.7 Å². The maximum atomic E-state index is 13.6. The van der Waals surface area contributed by atoms with E-state index in [0.717, 1.165) is 29.5 Å². The van der Waals surface area contributed by atoms with Gasteiger partial charge in [-0.1, -0.05) is 32.4 Å². The standard InChI is InChI=1S/C24H23FN2O2/c1-3-15(2)12-21-17(13-16-8-9-18(25)14-22(16)26-21)10-11-27-23(28)19-6-4-5-7-20(19)24(27)29/h4-9,13-15H,3,10-12H2,1-2H3/t15-/m0/s1. The van der Waals surface area contributed by atoms with E-state index in [1.807, 2.05) is 6.07 Å². The first-order valence-electron chi connectivity index (χ1n) is 10.0. The van der Waals surface area contributed by atoms with Gasteiger partial charge in [0.25, 0.3) is 11.8 Å². The van der Waals surface area contributed by atoms with Crippen LogP contribution in [-0.2, 0) is 12.8 Å². The molecule has 2 aromatic carbocycles. The highest BCUT2D eigenvalue weighted by Crippen LogP contribution is 2.25. The van der Waals surface area contributed by atoms with Crippen molar-refractivity contribution in [1.82, 2.24) is 9.88 Å². The van der Waals surface area contributed by atoms with Crippen molar-refractivity contribution in [2.75, 3.05) is 6.54 Å². The number of hydrogen-bond donors (Lipinski definition) is 0. The van der Waals surface area contributed by atoms with Crippen LogP contribution in [0.3, 0.4) is 0 Å². The van der Waals surface area contributed by atoms with Crippen LogP contribution in [-0.4, -0.2) is 28.2 Å². The van der Waals surface area contributed by atoms with E-state index in [-0.39, 0.29) is 17.6 Å². The molecule has 4 nitrogen and oxygen atoms in total. The highest BCUT2D eigenvalue weighted by molar-refractivity contribution is 6.21. The Hall–Kier alpha value is -3.08. The summed E-state index contributed by atoms with van der Waals surface area (Å²) in [6, 6.07) is 13.5. The van der Waals surface area contributed by atoms with Crippen molar-refractivity contribution in [3.8, 4) is 0 Å². The number of halogens is 1. The molecule has 1 atom stereocenters. The van der Waals surface area contributed by atoms with E-state index in [1.54, 1.807) is 30.3 Å². The Bertz CT molecular complexity index is 1070. The number of rotatable bonds is 6. The monoisotopic (exact) mass is 390 g/mol. The first kappa shape index (κ1) is 19.2. The number of hydrogen-bond acceptors (Lipinski definition) is 3. The Morgan fingerprint density at radius 3 is 2.38 bits per heavy atom. The fraction of sp³-hybridized carbons (Fsp3) is 0.292. The quantitative estimate of drug-likeness (QED) is 0.568. The molecule has 2 heterocycles. The van der Waals surface area contributed by atoms with Crippen LogP contribution in [0.2, 0.25) is 0 Å². The smallest absolute Gasteiger partial charge is 0.261 e. The summed E-state index contributed by atoms with van der Waals surface area (Å²) >= 11 is 0. The first-order chi connectivity index (χ1) is 14.0. The topological polar surface area (TPSA) is 50.3 Å². The van der Waals surface area contributed by atoms with Gasteiger partial charge in [0.1, 0.15) is 5.82 Å². The third-order valence-electron chi connectivity index (χ3n) is 5.67. The predicted octanol–water partition coefficient (Wildman–Crippen LogP) is 4.80. The van der Waals surface area contributed by atoms with Crippen molar-refractivity contribution >= 4 is 22.7 Å². The van der Waals surface area contributed by atoms with Gasteiger partial charge < -0.3 is 0 Å². The van der Waals surface area contributed by atoms with Gasteiger partial charge in [-0.25, -0.2) is 4.39 Å². The molecule has 148 valence electrons. The van der Waals surface area contributed by atoms with Crippen LogP contribution in [0, 0.1) is 11.7 Å². The van der Waals surface area contributed by atoms with Crippen LogP contribution in [0.25, 0.3) is 10.9 Å². The second-order valence-electron chi connectivity index (χ2n) is 7.71. The normalized spacial score (nSPS) is 14.5. The lowest BCUT2D eigenvalue weighted by Gasteiger charge is -2.17. The minimum absolute atomic E-state index is 0.245. The van der Waals surface area contributed by atoms with E-state index in [4.69, 9.17) is 4.98 Å². The Balaban J connectivity index is 1.63. The minimum atomic E-state index is -0.307. The fourth-order valence-corrected chi connectivity index (χ4v) is 3.77. The third kappa shape index (κ3) is 3.65. The van der Waals surface area contributed by atoms with E-state index in [1.165, 1.54) is 17.0 Å². The van der Waals surface area contributed by atoms with Gasteiger partial charge in [-0.2, -0.15) is 0 Å². The number of fused-ring (bicyclic) bond motifs is 2. The molecule has 5 heteroatoms. The summed E-state index contributed by atoms with van der Waals surface area (Å²) in [6.45, 7) is 4.59. The van der Waals surface area contributed by atoms with Crippen LogP contribution >= 0.6 is 0 Å². The zero-order chi connectivity index (χ0) is 20.5. The molecule has 0 spiro atoms. The summed E-state index contributed by atoms with van der Waals surface area (Å²) in [5.41, 5.74) is 3.47. The average Bonchev–Trinajstić information content (AvgIpc) is 2.96. The summed E-state index contributed by atoms with van der Waals surface area (Å²) in [4.78, 5) is 31.3.